The van der Waals surface area contributed by atoms with E-state index in [1.54, 1.807) is 25.3 Å². The highest BCUT2D eigenvalue weighted by Crippen LogP contribution is 2.33. The molecule has 0 aliphatic rings. The fraction of sp³-hybridized carbons (Fsp3) is 0.133. The van der Waals surface area contributed by atoms with Crippen molar-refractivity contribution in [3.05, 3.63) is 46.4 Å². The number of methoxy groups -OCH3 is 1. The van der Waals surface area contributed by atoms with E-state index in [-0.39, 0.29) is 6.42 Å². The predicted octanol–water partition coefficient (Wildman–Crippen LogP) is 3.90. The lowest BCUT2D eigenvalue weighted by atomic mass is 10.1. The first-order valence-electron chi connectivity index (χ1n) is 5.91. The van der Waals surface area contributed by atoms with Crippen molar-refractivity contribution in [2.45, 2.75) is 6.42 Å². The molecule has 4 nitrogen and oxygen atoms in total. The lowest BCUT2D eigenvalue weighted by Gasteiger charge is -2.11. The molecule has 5 heteroatoms. The molecule has 0 amide bonds. The second-order valence-corrected chi connectivity index (χ2v) is 4.95. The Morgan fingerprint density at radius 3 is 2.60 bits per heavy atom. The van der Waals surface area contributed by atoms with Crippen LogP contribution in [0.15, 0.2) is 40.9 Å². The summed E-state index contributed by atoms with van der Waals surface area (Å²) in [4.78, 5) is 0. The third-order valence-corrected chi connectivity index (χ3v) is 3.37. The number of hydrogen-bond acceptors (Lipinski definition) is 4. The molecule has 0 spiro atoms. The number of ether oxygens (including phenoxy) is 2. The number of rotatable bonds is 4. The molecule has 2 N–H and O–H groups in total. The average molecular weight is 333 g/mol. The molecule has 0 aliphatic carbocycles. The highest BCUT2D eigenvalue weighted by molar-refractivity contribution is 9.10. The summed E-state index contributed by atoms with van der Waals surface area (Å²) in [6.45, 7) is 0. The van der Waals surface area contributed by atoms with Gasteiger partial charge in [-0.1, -0.05) is 0 Å². The van der Waals surface area contributed by atoms with Crippen LogP contribution < -0.4 is 15.2 Å². The smallest absolute Gasteiger partial charge is 0.141 e. The van der Waals surface area contributed by atoms with Gasteiger partial charge in [-0.3, -0.25) is 0 Å². The monoisotopic (exact) mass is 332 g/mol. The summed E-state index contributed by atoms with van der Waals surface area (Å²) < 4.78 is 11.7. The maximum atomic E-state index is 8.76. The number of halogens is 1. The van der Waals surface area contributed by atoms with Gasteiger partial charge in [-0.2, -0.15) is 5.26 Å². The molecule has 2 rings (SSSR count). The molecule has 0 bridgehead atoms. The summed E-state index contributed by atoms with van der Waals surface area (Å²) in [5, 5.41) is 8.76. The zero-order valence-corrected chi connectivity index (χ0v) is 12.5. The summed E-state index contributed by atoms with van der Waals surface area (Å²) in [5.41, 5.74) is 7.15. The van der Waals surface area contributed by atoms with Crippen LogP contribution in [0.3, 0.4) is 0 Å². The van der Waals surface area contributed by atoms with E-state index in [1.165, 1.54) is 0 Å². The van der Waals surface area contributed by atoms with Gasteiger partial charge in [0.25, 0.3) is 0 Å². The van der Waals surface area contributed by atoms with Gasteiger partial charge in [-0.15, -0.1) is 0 Å². The van der Waals surface area contributed by atoms with Crippen LogP contribution in [-0.4, -0.2) is 7.11 Å². The fourth-order valence-electron chi connectivity index (χ4n) is 1.70. The molecule has 0 aromatic heterocycles. The molecule has 0 saturated carbocycles. The van der Waals surface area contributed by atoms with Gasteiger partial charge in [0.15, 0.2) is 0 Å². The minimum absolute atomic E-state index is 0.257. The summed E-state index contributed by atoms with van der Waals surface area (Å²) in [6.07, 6.45) is 0.257. The van der Waals surface area contributed by atoms with Crippen molar-refractivity contribution in [1.29, 1.82) is 5.26 Å². The largest absolute Gasteiger partial charge is 0.497 e. The van der Waals surface area contributed by atoms with Gasteiger partial charge in [-0.05, 0) is 57.9 Å². The molecule has 0 heterocycles. The molecule has 2 aromatic rings. The van der Waals surface area contributed by atoms with Gasteiger partial charge in [0.05, 0.1) is 24.1 Å². The molecule has 20 heavy (non-hydrogen) atoms. The maximum Gasteiger partial charge on any atom is 0.141 e. The zero-order valence-electron chi connectivity index (χ0n) is 10.9. The van der Waals surface area contributed by atoms with E-state index in [2.05, 4.69) is 22.0 Å². The number of nitrogens with zero attached hydrogens (tertiary/aromatic N) is 1. The van der Waals surface area contributed by atoms with Gasteiger partial charge in [-0.25, -0.2) is 0 Å². The van der Waals surface area contributed by atoms with E-state index in [4.69, 9.17) is 20.5 Å². The summed E-state index contributed by atoms with van der Waals surface area (Å²) in [6, 6.07) is 12.8. The first-order valence-corrected chi connectivity index (χ1v) is 6.70. The van der Waals surface area contributed by atoms with Crippen molar-refractivity contribution in [2.75, 3.05) is 12.8 Å². The van der Waals surface area contributed by atoms with Crippen LogP contribution in [0.5, 0.6) is 17.2 Å². The Balaban J connectivity index is 2.26. The Morgan fingerprint density at radius 1 is 1.20 bits per heavy atom. The first-order chi connectivity index (χ1) is 9.63. The minimum Gasteiger partial charge on any atom is -0.497 e. The van der Waals surface area contributed by atoms with Gasteiger partial charge in [0, 0.05) is 5.69 Å². The van der Waals surface area contributed by atoms with E-state index in [9.17, 15) is 0 Å². The van der Waals surface area contributed by atoms with Crippen molar-refractivity contribution in [1.82, 2.24) is 0 Å². The molecule has 0 aliphatic heterocycles. The lowest BCUT2D eigenvalue weighted by Crippen LogP contribution is -1.95. The summed E-state index contributed by atoms with van der Waals surface area (Å²) >= 11 is 3.43. The topological polar surface area (TPSA) is 68.3 Å². The first kappa shape index (κ1) is 14.2. The van der Waals surface area contributed by atoms with Crippen molar-refractivity contribution < 1.29 is 9.47 Å². The molecule has 0 radical (unpaired) electrons. The van der Waals surface area contributed by atoms with E-state index < -0.39 is 0 Å². The standard InChI is InChI=1S/C15H13BrN2O2/c1-19-11-3-5-15(13(16)9-11)20-12-2-4-14(18)10(8-12)6-7-17/h2-5,8-9H,6,18H2,1H3. The minimum atomic E-state index is 0.257. The number of anilines is 1. The molecule has 0 unspecified atom stereocenters. The lowest BCUT2D eigenvalue weighted by molar-refractivity contribution is 0.412. The van der Waals surface area contributed by atoms with Crippen LogP contribution in [0.1, 0.15) is 5.56 Å². The Bertz CT molecular complexity index is 665. The van der Waals surface area contributed by atoms with Gasteiger partial charge >= 0.3 is 0 Å². The number of benzene rings is 2. The van der Waals surface area contributed by atoms with Crippen LogP contribution in [0.25, 0.3) is 0 Å². The fourth-order valence-corrected chi connectivity index (χ4v) is 2.14. The van der Waals surface area contributed by atoms with E-state index in [0.717, 1.165) is 15.8 Å². The average Bonchev–Trinajstić information content (AvgIpc) is 2.45. The SMILES string of the molecule is COc1ccc(Oc2ccc(N)c(CC#N)c2)c(Br)c1. The van der Waals surface area contributed by atoms with Crippen LogP contribution in [-0.2, 0) is 6.42 Å². The van der Waals surface area contributed by atoms with Crippen LogP contribution in [0.2, 0.25) is 0 Å². The summed E-state index contributed by atoms with van der Waals surface area (Å²) in [7, 11) is 1.61. The normalized spacial score (nSPS) is 9.85. The van der Waals surface area contributed by atoms with E-state index >= 15 is 0 Å². The van der Waals surface area contributed by atoms with Gasteiger partial charge < -0.3 is 15.2 Å². The molecule has 0 atom stereocenters. The Hall–Kier alpha value is -2.19. The Morgan fingerprint density at radius 2 is 1.95 bits per heavy atom. The molecular formula is C15H13BrN2O2. The van der Waals surface area contributed by atoms with Crippen LogP contribution >= 0.6 is 15.9 Å². The van der Waals surface area contributed by atoms with E-state index in [0.29, 0.717) is 17.2 Å². The third-order valence-electron chi connectivity index (χ3n) is 2.75. The highest BCUT2D eigenvalue weighted by atomic mass is 79.9. The zero-order chi connectivity index (χ0) is 14.5. The number of nitriles is 1. The van der Waals surface area contributed by atoms with Crippen LogP contribution in [0.4, 0.5) is 5.69 Å². The summed E-state index contributed by atoms with van der Waals surface area (Å²) in [5.74, 6) is 2.04. The van der Waals surface area contributed by atoms with Crippen molar-refractivity contribution in [3.63, 3.8) is 0 Å². The van der Waals surface area contributed by atoms with Crippen LogP contribution in [0, 0.1) is 11.3 Å². The number of hydrogen-bond donors (Lipinski definition) is 1. The quantitative estimate of drug-likeness (QED) is 0.862. The van der Waals surface area contributed by atoms with Crippen molar-refractivity contribution >= 4 is 21.6 Å². The second-order valence-electron chi connectivity index (χ2n) is 4.09. The highest BCUT2D eigenvalue weighted by Gasteiger charge is 2.07. The Labute approximate surface area is 125 Å². The maximum absolute atomic E-state index is 8.76. The third kappa shape index (κ3) is 3.22. The number of nitrogens with two attached hydrogens (primary N) is 1. The molecule has 0 fully saturated rings. The molecular weight excluding hydrogens is 320 g/mol. The number of nitrogen functional groups attached to an aromatic ring is 1. The Kier molecular flexibility index (Phi) is 4.49. The molecule has 102 valence electrons. The molecule has 2 aromatic carbocycles. The predicted molar refractivity (Wildman–Crippen MR) is 80.9 cm³/mol. The molecule has 0 saturated heterocycles. The van der Waals surface area contributed by atoms with E-state index in [1.807, 2.05) is 18.2 Å². The van der Waals surface area contributed by atoms with Gasteiger partial charge in [0.1, 0.15) is 17.2 Å². The van der Waals surface area contributed by atoms with Gasteiger partial charge in [0.2, 0.25) is 0 Å². The van der Waals surface area contributed by atoms with Crippen molar-refractivity contribution in [3.8, 4) is 23.3 Å². The van der Waals surface area contributed by atoms with Crippen molar-refractivity contribution in [2.24, 2.45) is 0 Å². The second kappa shape index (κ2) is 6.31.